The lowest BCUT2D eigenvalue weighted by atomic mass is 9.93. The number of ether oxygens (including phenoxy) is 1. The van der Waals surface area contributed by atoms with Gasteiger partial charge in [-0.15, -0.1) is 11.3 Å². The van der Waals surface area contributed by atoms with Crippen molar-refractivity contribution in [2.75, 3.05) is 0 Å². The molecule has 0 aliphatic heterocycles. The number of benzene rings is 1. The van der Waals surface area contributed by atoms with Gasteiger partial charge in [-0.2, -0.15) is 0 Å². The minimum atomic E-state index is -0.791. The van der Waals surface area contributed by atoms with Gasteiger partial charge in [-0.25, -0.2) is 9.78 Å². The van der Waals surface area contributed by atoms with Gasteiger partial charge in [0.2, 0.25) is 0 Å². The summed E-state index contributed by atoms with van der Waals surface area (Å²) in [6, 6.07) is 6.84. The summed E-state index contributed by atoms with van der Waals surface area (Å²) in [6.45, 7) is 11.6. The maximum absolute atomic E-state index is 12.0. The van der Waals surface area contributed by atoms with Gasteiger partial charge < -0.3 is 10.1 Å². The molecule has 0 bridgehead atoms. The van der Waals surface area contributed by atoms with Crippen molar-refractivity contribution in [2.45, 2.75) is 59.1 Å². The summed E-state index contributed by atoms with van der Waals surface area (Å²) in [5.41, 5.74) is 2.08. The molecule has 0 fully saturated rings. The first-order chi connectivity index (χ1) is 12.6. The highest BCUT2D eigenvalue weighted by Gasteiger charge is 2.19. The topological polar surface area (TPSA) is 80.3 Å². The Hall–Kier alpha value is -2.41. The average molecular weight is 390 g/mol. The molecule has 0 aliphatic rings. The number of nitrogens with zero attached hydrogens (tertiary/aromatic N) is 1. The number of urea groups is 1. The molecule has 0 spiro atoms. The van der Waals surface area contributed by atoms with Crippen LogP contribution in [0.1, 0.15) is 47.2 Å². The second-order valence-corrected chi connectivity index (χ2v) is 8.55. The van der Waals surface area contributed by atoms with Crippen LogP contribution in [-0.4, -0.2) is 29.1 Å². The van der Waals surface area contributed by atoms with E-state index in [9.17, 15) is 9.59 Å². The van der Waals surface area contributed by atoms with Crippen LogP contribution in [-0.2, 0) is 10.2 Å². The number of carbonyl (C=O) groups excluding carboxylic acids is 2. The number of hydrogen-bond donors (Lipinski definition) is 2. The largest absolute Gasteiger partial charge is 0.481 e. The van der Waals surface area contributed by atoms with Gasteiger partial charge in [0.25, 0.3) is 5.91 Å². The summed E-state index contributed by atoms with van der Waals surface area (Å²) < 4.78 is 5.62. The van der Waals surface area contributed by atoms with Crippen molar-refractivity contribution in [3.8, 4) is 16.3 Å². The highest BCUT2D eigenvalue weighted by atomic mass is 32.1. The monoisotopic (exact) mass is 389 g/mol. The van der Waals surface area contributed by atoms with Gasteiger partial charge in [0.05, 0.1) is 5.69 Å². The van der Waals surface area contributed by atoms with Crippen LogP contribution in [0.5, 0.6) is 5.75 Å². The summed E-state index contributed by atoms with van der Waals surface area (Å²) in [5, 5.41) is 7.89. The molecule has 6 nitrogen and oxygen atoms in total. The van der Waals surface area contributed by atoms with Gasteiger partial charge in [0, 0.05) is 22.4 Å². The predicted molar refractivity (Wildman–Crippen MR) is 108 cm³/mol. The van der Waals surface area contributed by atoms with Gasteiger partial charge in [0.1, 0.15) is 10.8 Å². The Kier molecular flexibility index (Phi) is 6.59. The first kappa shape index (κ1) is 20.9. The standard InChI is InChI=1S/C20H27N3O3S/c1-12(2)21-19(25)23-17(24)13(3)26-15-9-7-14(8-10-15)18-22-16(11-27-18)20(4,5)6/h7-13H,1-6H3,(H2,21,23,24,25)/t13-/m1/s1. The molecule has 1 heterocycles. The number of aromatic nitrogens is 1. The maximum Gasteiger partial charge on any atom is 0.321 e. The molecule has 1 atom stereocenters. The summed E-state index contributed by atoms with van der Waals surface area (Å²) in [6.07, 6.45) is -0.791. The zero-order valence-corrected chi connectivity index (χ0v) is 17.4. The van der Waals surface area contributed by atoms with Crippen molar-refractivity contribution in [3.63, 3.8) is 0 Å². The van der Waals surface area contributed by atoms with E-state index in [0.717, 1.165) is 16.3 Å². The van der Waals surface area contributed by atoms with Crippen LogP contribution in [0.3, 0.4) is 0 Å². The second-order valence-electron chi connectivity index (χ2n) is 7.69. The number of imide groups is 1. The predicted octanol–water partition coefficient (Wildman–Crippen LogP) is 4.11. The number of carbonyl (C=O) groups is 2. The molecular weight excluding hydrogens is 362 g/mol. The lowest BCUT2D eigenvalue weighted by Gasteiger charge is -2.15. The summed E-state index contributed by atoms with van der Waals surface area (Å²) in [7, 11) is 0. The van der Waals surface area contributed by atoms with Gasteiger partial charge in [0.15, 0.2) is 6.10 Å². The molecule has 146 valence electrons. The maximum atomic E-state index is 12.0. The van der Waals surface area contributed by atoms with Gasteiger partial charge in [-0.05, 0) is 45.0 Å². The average Bonchev–Trinajstić information content (AvgIpc) is 3.04. The van der Waals surface area contributed by atoms with E-state index in [-0.39, 0.29) is 11.5 Å². The van der Waals surface area contributed by atoms with Crippen LogP contribution in [0, 0.1) is 0 Å². The summed E-state index contributed by atoms with van der Waals surface area (Å²) >= 11 is 1.61. The SMILES string of the molecule is CC(C)NC(=O)NC(=O)[C@@H](C)Oc1ccc(-c2nc(C(C)(C)C)cs2)cc1. The molecule has 27 heavy (non-hydrogen) atoms. The third-order valence-electron chi connectivity index (χ3n) is 3.71. The fourth-order valence-electron chi connectivity index (χ4n) is 2.20. The molecule has 2 rings (SSSR count). The van der Waals surface area contributed by atoms with E-state index in [1.807, 2.05) is 26.0 Å². The van der Waals surface area contributed by atoms with E-state index in [1.165, 1.54) is 0 Å². The van der Waals surface area contributed by atoms with E-state index in [4.69, 9.17) is 9.72 Å². The smallest absolute Gasteiger partial charge is 0.321 e. The molecule has 0 saturated heterocycles. The second kappa shape index (κ2) is 8.52. The molecule has 2 N–H and O–H groups in total. The van der Waals surface area contributed by atoms with E-state index in [2.05, 4.69) is 36.8 Å². The van der Waals surface area contributed by atoms with Gasteiger partial charge in [-0.3, -0.25) is 10.1 Å². The van der Waals surface area contributed by atoms with Crippen molar-refractivity contribution in [1.82, 2.24) is 15.6 Å². The molecule has 0 radical (unpaired) electrons. The number of amides is 3. The normalized spacial score (nSPS) is 12.6. The molecule has 1 aromatic carbocycles. The summed E-state index contributed by atoms with van der Waals surface area (Å²) in [4.78, 5) is 28.3. The molecule has 0 unspecified atom stereocenters. The van der Waals surface area contributed by atoms with Crippen LogP contribution in [0.15, 0.2) is 29.6 Å². The van der Waals surface area contributed by atoms with Crippen LogP contribution >= 0.6 is 11.3 Å². The third-order valence-corrected chi connectivity index (χ3v) is 4.60. The lowest BCUT2D eigenvalue weighted by molar-refractivity contribution is -0.126. The quantitative estimate of drug-likeness (QED) is 0.806. The van der Waals surface area contributed by atoms with Crippen LogP contribution in [0.4, 0.5) is 4.79 Å². The van der Waals surface area contributed by atoms with E-state index < -0.39 is 18.0 Å². The zero-order valence-electron chi connectivity index (χ0n) is 16.6. The van der Waals surface area contributed by atoms with Crippen LogP contribution < -0.4 is 15.4 Å². The van der Waals surface area contributed by atoms with Crippen LogP contribution in [0.2, 0.25) is 0 Å². The third kappa shape index (κ3) is 6.06. The Morgan fingerprint density at radius 1 is 1.11 bits per heavy atom. The molecule has 0 aliphatic carbocycles. The van der Waals surface area contributed by atoms with E-state index in [1.54, 1.807) is 30.4 Å². The minimum Gasteiger partial charge on any atom is -0.481 e. The molecular formula is C20H27N3O3S. The fourth-order valence-corrected chi connectivity index (χ4v) is 3.25. The Bertz CT molecular complexity index is 792. The molecule has 2 aromatic rings. The first-order valence-electron chi connectivity index (χ1n) is 8.90. The van der Waals surface area contributed by atoms with Gasteiger partial charge >= 0.3 is 6.03 Å². The molecule has 1 aromatic heterocycles. The minimum absolute atomic E-state index is 0.0163. The zero-order chi connectivity index (χ0) is 20.2. The highest BCUT2D eigenvalue weighted by Crippen LogP contribution is 2.30. The fraction of sp³-hybridized carbons (Fsp3) is 0.450. The van der Waals surface area contributed by atoms with Crippen molar-refractivity contribution < 1.29 is 14.3 Å². The lowest BCUT2D eigenvalue weighted by Crippen LogP contribution is -2.46. The molecule has 3 amide bonds. The van der Waals surface area contributed by atoms with Crippen molar-refractivity contribution in [3.05, 3.63) is 35.3 Å². The van der Waals surface area contributed by atoms with Crippen molar-refractivity contribution in [2.24, 2.45) is 0 Å². The Morgan fingerprint density at radius 2 is 1.74 bits per heavy atom. The molecule has 0 saturated carbocycles. The Labute approximate surface area is 164 Å². The molecule has 7 heteroatoms. The Morgan fingerprint density at radius 3 is 2.26 bits per heavy atom. The number of rotatable bonds is 5. The summed E-state index contributed by atoms with van der Waals surface area (Å²) in [5.74, 6) is 0.0604. The Balaban J connectivity index is 1.98. The van der Waals surface area contributed by atoms with E-state index in [0.29, 0.717) is 5.75 Å². The number of hydrogen-bond acceptors (Lipinski definition) is 5. The van der Waals surface area contributed by atoms with Crippen molar-refractivity contribution in [1.29, 1.82) is 0 Å². The van der Waals surface area contributed by atoms with Crippen LogP contribution in [0.25, 0.3) is 10.6 Å². The first-order valence-corrected chi connectivity index (χ1v) is 9.78. The van der Waals surface area contributed by atoms with Gasteiger partial charge in [-0.1, -0.05) is 20.8 Å². The number of nitrogens with one attached hydrogen (secondary N) is 2. The van der Waals surface area contributed by atoms with Crippen molar-refractivity contribution >= 4 is 23.3 Å². The number of thiazole rings is 1. The highest BCUT2D eigenvalue weighted by molar-refractivity contribution is 7.13. The van der Waals surface area contributed by atoms with E-state index >= 15 is 0 Å².